The summed E-state index contributed by atoms with van der Waals surface area (Å²) in [6.07, 6.45) is 1.57. The zero-order valence-electron chi connectivity index (χ0n) is 15.1. The fourth-order valence-electron chi connectivity index (χ4n) is 2.56. The molecule has 2 aromatic rings. The minimum Gasteiger partial charge on any atom is -0.484 e. The van der Waals surface area contributed by atoms with E-state index in [1.807, 2.05) is 0 Å². The molecule has 2 N–H and O–H groups in total. The number of imide groups is 1. The molecule has 0 spiro atoms. The molecule has 1 heterocycles. The van der Waals surface area contributed by atoms with Gasteiger partial charge >= 0.3 is 6.03 Å². The normalized spacial score (nSPS) is 14.9. The molecule has 1 aliphatic rings. The van der Waals surface area contributed by atoms with E-state index < -0.39 is 6.03 Å². The van der Waals surface area contributed by atoms with Crippen molar-refractivity contribution in [2.75, 3.05) is 18.5 Å². The number of likely N-dealkylation sites (N-methyl/N-ethyl adjacent to an activating group) is 1. The van der Waals surface area contributed by atoms with Crippen LogP contribution in [-0.2, 0) is 9.59 Å². The van der Waals surface area contributed by atoms with E-state index in [9.17, 15) is 18.8 Å². The number of amides is 4. The van der Waals surface area contributed by atoms with Crippen LogP contribution in [0.4, 0.5) is 14.9 Å². The van der Waals surface area contributed by atoms with E-state index in [4.69, 9.17) is 4.74 Å². The zero-order chi connectivity index (χ0) is 20.1. The molecule has 2 aromatic carbocycles. The summed E-state index contributed by atoms with van der Waals surface area (Å²) in [5.41, 5.74) is 1.38. The molecule has 144 valence electrons. The predicted octanol–water partition coefficient (Wildman–Crippen LogP) is 2.76. The van der Waals surface area contributed by atoms with Crippen molar-refractivity contribution in [1.82, 2.24) is 10.2 Å². The minimum absolute atomic E-state index is 0.208. The Kier molecular flexibility index (Phi) is 5.69. The molecule has 4 amide bonds. The van der Waals surface area contributed by atoms with E-state index in [-0.39, 0.29) is 29.9 Å². The highest BCUT2D eigenvalue weighted by Crippen LogP contribution is 2.17. The largest absolute Gasteiger partial charge is 0.484 e. The number of benzene rings is 2. The Morgan fingerprint density at radius 2 is 1.82 bits per heavy atom. The summed E-state index contributed by atoms with van der Waals surface area (Å²) in [4.78, 5) is 36.7. The first kappa shape index (κ1) is 19.1. The van der Waals surface area contributed by atoms with Crippen LogP contribution in [0.3, 0.4) is 0 Å². The molecular formula is C20H18FN3O4. The summed E-state index contributed by atoms with van der Waals surface area (Å²) >= 11 is 0. The first-order valence-electron chi connectivity index (χ1n) is 8.59. The van der Waals surface area contributed by atoms with Gasteiger partial charge in [0.05, 0.1) is 0 Å². The number of nitrogens with zero attached hydrogens (tertiary/aromatic N) is 1. The summed E-state index contributed by atoms with van der Waals surface area (Å²) in [5, 5.41) is 5.12. The molecule has 0 saturated carbocycles. The fourth-order valence-corrected chi connectivity index (χ4v) is 2.56. The number of carbonyl (C=O) groups is 3. The van der Waals surface area contributed by atoms with Gasteiger partial charge in [0.1, 0.15) is 17.3 Å². The zero-order valence-corrected chi connectivity index (χ0v) is 15.1. The third-order valence-electron chi connectivity index (χ3n) is 3.97. The number of rotatable bonds is 6. The van der Waals surface area contributed by atoms with Gasteiger partial charge in [-0.05, 0) is 55.0 Å². The van der Waals surface area contributed by atoms with Crippen LogP contribution >= 0.6 is 0 Å². The van der Waals surface area contributed by atoms with Gasteiger partial charge in [0, 0.05) is 12.2 Å². The molecule has 0 aromatic heterocycles. The van der Waals surface area contributed by atoms with Crippen LogP contribution in [-0.4, -0.2) is 35.9 Å². The second kappa shape index (κ2) is 8.34. The van der Waals surface area contributed by atoms with Crippen LogP contribution in [0.2, 0.25) is 0 Å². The van der Waals surface area contributed by atoms with Crippen LogP contribution in [0.25, 0.3) is 6.08 Å². The summed E-state index contributed by atoms with van der Waals surface area (Å²) in [5.74, 6) is -0.666. The minimum atomic E-state index is -0.439. The van der Waals surface area contributed by atoms with Crippen LogP contribution in [0.15, 0.2) is 54.2 Å². The second-order valence-electron chi connectivity index (χ2n) is 5.95. The molecule has 0 atom stereocenters. The van der Waals surface area contributed by atoms with Crippen molar-refractivity contribution < 1.29 is 23.5 Å². The van der Waals surface area contributed by atoms with Crippen LogP contribution < -0.4 is 15.4 Å². The molecule has 0 bridgehead atoms. The number of carbonyl (C=O) groups excluding carboxylic acids is 3. The van der Waals surface area contributed by atoms with Crippen molar-refractivity contribution in [3.8, 4) is 5.75 Å². The van der Waals surface area contributed by atoms with Gasteiger partial charge in [0.2, 0.25) is 0 Å². The van der Waals surface area contributed by atoms with Gasteiger partial charge < -0.3 is 15.4 Å². The maximum Gasteiger partial charge on any atom is 0.328 e. The van der Waals surface area contributed by atoms with Gasteiger partial charge in [0.25, 0.3) is 11.8 Å². The lowest BCUT2D eigenvalue weighted by Gasteiger charge is -2.08. The molecule has 0 aliphatic carbocycles. The summed E-state index contributed by atoms with van der Waals surface area (Å²) in [6, 6.07) is 11.7. The second-order valence-corrected chi connectivity index (χ2v) is 5.95. The SMILES string of the molecule is CCN1C(=O)N/C(=C/c2ccc(OCC(=O)Nc3ccc(F)cc3)cc2)C1=O. The predicted molar refractivity (Wildman–Crippen MR) is 101 cm³/mol. The van der Waals surface area contributed by atoms with Gasteiger partial charge in [-0.3, -0.25) is 14.5 Å². The average Bonchev–Trinajstić information content (AvgIpc) is 2.95. The van der Waals surface area contributed by atoms with Crippen molar-refractivity contribution in [2.24, 2.45) is 0 Å². The summed E-state index contributed by atoms with van der Waals surface area (Å²) < 4.78 is 18.3. The number of halogens is 1. The fraction of sp³-hybridized carbons (Fsp3) is 0.150. The van der Waals surface area contributed by atoms with Crippen molar-refractivity contribution in [2.45, 2.75) is 6.92 Å². The number of nitrogens with one attached hydrogen (secondary N) is 2. The number of urea groups is 1. The van der Waals surface area contributed by atoms with Gasteiger partial charge in [0.15, 0.2) is 6.61 Å². The highest BCUT2D eigenvalue weighted by atomic mass is 19.1. The van der Waals surface area contributed by atoms with Gasteiger partial charge in [-0.2, -0.15) is 0 Å². The lowest BCUT2D eigenvalue weighted by atomic mass is 10.2. The number of hydrogen-bond acceptors (Lipinski definition) is 4. The Bertz CT molecular complexity index is 923. The molecule has 0 unspecified atom stereocenters. The lowest BCUT2D eigenvalue weighted by Crippen LogP contribution is -2.30. The molecule has 1 fully saturated rings. The number of hydrogen-bond donors (Lipinski definition) is 2. The van der Waals surface area contributed by atoms with Gasteiger partial charge in [-0.1, -0.05) is 12.1 Å². The molecular weight excluding hydrogens is 365 g/mol. The van der Waals surface area contributed by atoms with Crippen LogP contribution in [0.1, 0.15) is 12.5 Å². The maximum atomic E-state index is 12.8. The van der Waals surface area contributed by atoms with Gasteiger partial charge in [-0.15, -0.1) is 0 Å². The Labute approximate surface area is 160 Å². The van der Waals surface area contributed by atoms with Crippen molar-refractivity contribution in [3.05, 3.63) is 65.6 Å². The molecule has 0 radical (unpaired) electrons. The molecule has 1 aliphatic heterocycles. The highest BCUT2D eigenvalue weighted by Gasteiger charge is 2.31. The van der Waals surface area contributed by atoms with Crippen molar-refractivity contribution in [3.63, 3.8) is 0 Å². The highest BCUT2D eigenvalue weighted by molar-refractivity contribution is 6.13. The Morgan fingerprint density at radius 3 is 2.43 bits per heavy atom. The van der Waals surface area contributed by atoms with Crippen molar-refractivity contribution in [1.29, 1.82) is 0 Å². The number of anilines is 1. The Hall–Kier alpha value is -3.68. The first-order valence-corrected chi connectivity index (χ1v) is 8.59. The quantitative estimate of drug-likeness (QED) is 0.593. The van der Waals surface area contributed by atoms with Gasteiger partial charge in [-0.25, -0.2) is 9.18 Å². The molecule has 8 heteroatoms. The van der Waals surface area contributed by atoms with Crippen LogP contribution in [0, 0.1) is 5.82 Å². The average molecular weight is 383 g/mol. The van der Waals surface area contributed by atoms with Crippen LogP contribution in [0.5, 0.6) is 5.75 Å². The first-order chi connectivity index (χ1) is 13.5. The number of ether oxygens (including phenoxy) is 1. The standard InChI is InChI=1S/C20H18FN3O4/c1-2-24-19(26)17(23-20(24)27)11-13-3-9-16(10-4-13)28-12-18(25)22-15-7-5-14(21)6-8-15/h3-11H,2,12H2,1H3,(H,22,25)(H,23,27)/b17-11+. The summed E-state index contributed by atoms with van der Waals surface area (Å²) in [7, 11) is 0. The summed E-state index contributed by atoms with van der Waals surface area (Å²) in [6.45, 7) is 1.81. The Morgan fingerprint density at radius 1 is 1.14 bits per heavy atom. The van der Waals surface area contributed by atoms with Crippen molar-refractivity contribution >= 4 is 29.6 Å². The Balaban J connectivity index is 1.55. The topological polar surface area (TPSA) is 87.7 Å². The molecule has 3 rings (SSSR count). The molecule has 28 heavy (non-hydrogen) atoms. The van der Waals surface area contributed by atoms with E-state index in [2.05, 4.69) is 10.6 Å². The maximum absolute atomic E-state index is 12.8. The third kappa shape index (κ3) is 4.53. The van der Waals surface area contributed by atoms with E-state index in [0.29, 0.717) is 23.5 Å². The van der Waals surface area contributed by atoms with E-state index in [1.54, 1.807) is 37.3 Å². The van der Waals surface area contributed by atoms with E-state index >= 15 is 0 Å². The van der Waals surface area contributed by atoms with E-state index in [0.717, 1.165) is 4.90 Å². The lowest BCUT2D eigenvalue weighted by molar-refractivity contribution is -0.122. The molecule has 7 nitrogen and oxygen atoms in total. The third-order valence-corrected chi connectivity index (χ3v) is 3.97. The monoisotopic (exact) mass is 383 g/mol. The van der Waals surface area contributed by atoms with E-state index in [1.165, 1.54) is 24.3 Å². The smallest absolute Gasteiger partial charge is 0.328 e. The molecule has 1 saturated heterocycles.